The second kappa shape index (κ2) is 4.92. The summed E-state index contributed by atoms with van der Waals surface area (Å²) in [6.45, 7) is 3.57. The highest BCUT2D eigenvalue weighted by molar-refractivity contribution is 6.58. The van der Waals surface area contributed by atoms with E-state index in [0.29, 0.717) is 16.6 Å². The summed E-state index contributed by atoms with van der Waals surface area (Å²) >= 11 is 0. The average molecular weight is 244 g/mol. The quantitative estimate of drug-likeness (QED) is 0.790. The van der Waals surface area contributed by atoms with Gasteiger partial charge in [-0.2, -0.15) is 0 Å². The molecule has 0 fully saturated rings. The van der Waals surface area contributed by atoms with Crippen molar-refractivity contribution in [3.05, 3.63) is 53.3 Å². The molecule has 4 heteroatoms. The number of hydrogen-bond donors (Lipinski definition) is 2. The summed E-state index contributed by atoms with van der Waals surface area (Å²) in [5.41, 5.74) is 2.90. The van der Waals surface area contributed by atoms with Crippen LogP contribution < -0.4 is 5.46 Å². The zero-order chi connectivity index (χ0) is 13.3. The van der Waals surface area contributed by atoms with Crippen molar-refractivity contribution < 1.29 is 14.4 Å². The van der Waals surface area contributed by atoms with Gasteiger partial charge in [-0.1, -0.05) is 42.0 Å². The van der Waals surface area contributed by atoms with Crippen LogP contribution in [0.3, 0.4) is 0 Å². The molecule has 2 aromatic carbocycles. The van der Waals surface area contributed by atoms with E-state index in [1.165, 1.54) is 12.1 Å². The summed E-state index contributed by atoms with van der Waals surface area (Å²) in [4.78, 5) is 0. The van der Waals surface area contributed by atoms with Crippen LogP contribution >= 0.6 is 0 Å². The van der Waals surface area contributed by atoms with Crippen LogP contribution in [0, 0.1) is 19.7 Å². The first kappa shape index (κ1) is 12.8. The fourth-order valence-corrected chi connectivity index (χ4v) is 1.89. The lowest BCUT2D eigenvalue weighted by Gasteiger charge is -2.10. The Morgan fingerprint density at radius 3 is 2.17 bits per heavy atom. The molecule has 2 aromatic rings. The van der Waals surface area contributed by atoms with E-state index in [1.807, 2.05) is 31.2 Å². The van der Waals surface area contributed by atoms with Crippen molar-refractivity contribution in [1.29, 1.82) is 0 Å². The van der Waals surface area contributed by atoms with Crippen LogP contribution in [-0.2, 0) is 0 Å². The van der Waals surface area contributed by atoms with Crippen molar-refractivity contribution >= 4 is 12.6 Å². The minimum atomic E-state index is -1.59. The second-order valence-electron chi connectivity index (χ2n) is 4.44. The molecule has 2 rings (SSSR count). The van der Waals surface area contributed by atoms with Crippen molar-refractivity contribution in [3.8, 4) is 11.1 Å². The maximum atomic E-state index is 14.1. The monoisotopic (exact) mass is 244 g/mol. The van der Waals surface area contributed by atoms with Gasteiger partial charge < -0.3 is 10.0 Å². The largest absolute Gasteiger partial charge is 0.488 e. The van der Waals surface area contributed by atoms with E-state index < -0.39 is 7.12 Å². The van der Waals surface area contributed by atoms with Gasteiger partial charge in [0.05, 0.1) is 0 Å². The van der Waals surface area contributed by atoms with Gasteiger partial charge in [-0.05, 0) is 30.4 Å². The molecule has 0 aliphatic carbocycles. The van der Waals surface area contributed by atoms with Crippen LogP contribution in [0.2, 0.25) is 0 Å². The molecule has 0 aliphatic heterocycles. The van der Waals surface area contributed by atoms with Crippen LogP contribution in [0.4, 0.5) is 4.39 Å². The van der Waals surface area contributed by atoms with Crippen molar-refractivity contribution in [1.82, 2.24) is 0 Å². The topological polar surface area (TPSA) is 40.5 Å². The van der Waals surface area contributed by atoms with Gasteiger partial charge in [-0.15, -0.1) is 0 Å². The maximum Gasteiger partial charge on any atom is 0.488 e. The van der Waals surface area contributed by atoms with E-state index >= 15 is 0 Å². The predicted molar refractivity (Wildman–Crippen MR) is 71.1 cm³/mol. The van der Waals surface area contributed by atoms with Gasteiger partial charge in [-0.25, -0.2) is 4.39 Å². The van der Waals surface area contributed by atoms with Gasteiger partial charge in [-0.3, -0.25) is 0 Å². The molecule has 2 N–H and O–H groups in total. The summed E-state index contributed by atoms with van der Waals surface area (Å²) in [5.74, 6) is -0.330. The third-order valence-corrected chi connectivity index (χ3v) is 2.94. The Kier molecular flexibility index (Phi) is 3.50. The molecule has 0 aromatic heterocycles. The summed E-state index contributed by atoms with van der Waals surface area (Å²) in [7, 11) is -1.59. The van der Waals surface area contributed by atoms with E-state index in [4.69, 9.17) is 0 Å². The Hall–Kier alpha value is -1.65. The summed E-state index contributed by atoms with van der Waals surface area (Å²) in [5, 5.41) is 18.4. The highest BCUT2D eigenvalue weighted by Gasteiger charge is 2.16. The Balaban J connectivity index is 2.59. The van der Waals surface area contributed by atoms with Crippen molar-refractivity contribution in [2.45, 2.75) is 13.8 Å². The Labute approximate surface area is 106 Å². The van der Waals surface area contributed by atoms with Crippen molar-refractivity contribution in [3.63, 3.8) is 0 Å². The van der Waals surface area contributed by atoms with Crippen LogP contribution in [0.5, 0.6) is 0 Å². The zero-order valence-electron chi connectivity index (χ0n) is 10.3. The lowest BCUT2D eigenvalue weighted by atomic mass is 9.78. The molecule has 0 amide bonds. The van der Waals surface area contributed by atoms with Crippen LogP contribution in [0.1, 0.15) is 11.1 Å². The third-order valence-electron chi connectivity index (χ3n) is 2.94. The first-order valence-corrected chi connectivity index (χ1v) is 5.72. The molecule has 0 saturated carbocycles. The van der Waals surface area contributed by atoms with Crippen LogP contribution in [-0.4, -0.2) is 17.2 Å². The molecule has 0 spiro atoms. The van der Waals surface area contributed by atoms with E-state index in [2.05, 4.69) is 0 Å². The number of rotatable bonds is 2. The van der Waals surface area contributed by atoms with Gasteiger partial charge >= 0.3 is 7.12 Å². The highest BCUT2D eigenvalue weighted by atomic mass is 19.1. The number of benzene rings is 2. The standard InChI is InChI=1S/C14H14BFO2/c1-9-3-5-11(6-4-9)13-8-12(15(17)18)7-10(2)14(13)16/h3-8,17-18H,1-2H3. The van der Waals surface area contributed by atoms with Crippen LogP contribution in [0.15, 0.2) is 36.4 Å². The van der Waals surface area contributed by atoms with Gasteiger partial charge in [0.1, 0.15) is 5.82 Å². The molecule has 18 heavy (non-hydrogen) atoms. The van der Waals surface area contributed by atoms with Gasteiger partial charge in [0.15, 0.2) is 0 Å². The lowest BCUT2D eigenvalue weighted by Crippen LogP contribution is -2.30. The first-order chi connectivity index (χ1) is 8.49. The SMILES string of the molecule is Cc1ccc(-c2cc(B(O)O)cc(C)c2F)cc1. The molecule has 0 saturated heterocycles. The molecule has 0 unspecified atom stereocenters. The fourth-order valence-electron chi connectivity index (χ4n) is 1.89. The van der Waals surface area contributed by atoms with E-state index in [9.17, 15) is 14.4 Å². The Morgan fingerprint density at radius 1 is 1.00 bits per heavy atom. The number of halogens is 1. The number of aryl methyl sites for hydroxylation is 2. The average Bonchev–Trinajstić information content (AvgIpc) is 2.33. The zero-order valence-corrected chi connectivity index (χ0v) is 10.3. The second-order valence-corrected chi connectivity index (χ2v) is 4.44. The minimum Gasteiger partial charge on any atom is -0.423 e. The fraction of sp³-hybridized carbons (Fsp3) is 0.143. The molecule has 0 radical (unpaired) electrons. The van der Waals surface area contributed by atoms with E-state index in [0.717, 1.165) is 11.1 Å². The van der Waals surface area contributed by atoms with Gasteiger partial charge in [0.25, 0.3) is 0 Å². The molecule has 0 bridgehead atoms. The van der Waals surface area contributed by atoms with Gasteiger partial charge in [0.2, 0.25) is 0 Å². The Bertz CT molecular complexity index is 565. The predicted octanol–water partition coefficient (Wildman–Crippen LogP) is 1.79. The van der Waals surface area contributed by atoms with Gasteiger partial charge in [0, 0.05) is 5.56 Å². The van der Waals surface area contributed by atoms with E-state index in [-0.39, 0.29) is 5.82 Å². The summed E-state index contributed by atoms with van der Waals surface area (Å²) in [6, 6.07) is 10.3. The molecular formula is C14H14BFO2. The van der Waals surface area contributed by atoms with E-state index in [1.54, 1.807) is 6.92 Å². The van der Waals surface area contributed by atoms with Crippen molar-refractivity contribution in [2.75, 3.05) is 0 Å². The molecule has 2 nitrogen and oxygen atoms in total. The first-order valence-electron chi connectivity index (χ1n) is 5.72. The molecular weight excluding hydrogens is 230 g/mol. The summed E-state index contributed by atoms with van der Waals surface area (Å²) < 4.78 is 14.1. The molecule has 0 heterocycles. The smallest absolute Gasteiger partial charge is 0.423 e. The maximum absolute atomic E-state index is 14.1. The highest BCUT2D eigenvalue weighted by Crippen LogP contribution is 2.24. The Morgan fingerprint density at radius 2 is 1.61 bits per heavy atom. The molecule has 0 aliphatic rings. The minimum absolute atomic E-state index is 0.296. The van der Waals surface area contributed by atoms with Crippen LogP contribution in [0.25, 0.3) is 11.1 Å². The number of hydrogen-bond acceptors (Lipinski definition) is 2. The lowest BCUT2D eigenvalue weighted by molar-refractivity contribution is 0.425. The normalized spacial score (nSPS) is 10.5. The molecule has 0 atom stereocenters. The summed E-state index contributed by atoms with van der Waals surface area (Å²) in [6.07, 6.45) is 0. The molecule has 92 valence electrons. The third kappa shape index (κ3) is 2.45. The van der Waals surface area contributed by atoms with Crippen molar-refractivity contribution in [2.24, 2.45) is 0 Å².